The summed E-state index contributed by atoms with van der Waals surface area (Å²) < 4.78 is 14.1. The highest BCUT2D eigenvalue weighted by molar-refractivity contribution is 8.04. The SMILES string of the molecule is CC(C)SC1=C(c2cccs2)C(=O)N(c2ccccc2F)C1=O. The fourth-order valence-corrected chi connectivity index (χ4v) is 4.16. The van der Waals surface area contributed by atoms with Gasteiger partial charge >= 0.3 is 0 Å². The fourth-order valence-electron chi connectivity index (χ4n) is 2.34. The highest BCUT2D eigenvalue weighted by atomic mass is 32.2. The summed E-state index contributed by atoms with van der Waals surface area (Å²) >= 11 is 2.73. The largest absolute Gasteiger partial charge is 0.272 e. The number of imide groups is 1. The number of rotatable bonds is 4. The van der Waals surface area contributed by atoms with Crippen molar-refractivity contribution < 1.29 is 14.0 Å². The Morgan fingerprint density at radius 1 is 1.09 bits per heavy atom. The number of para-hydroxylation sites is 1. The van der Waals surface area contributed by atoms with Crippen molar-refractivity contribution in [3.8, 4) is 0 Å². The van der Waals surface area contributed by atoms with Gasteiger partial charge in [0.25, 0.3) is 11.8 Å². The monoisotopic (exact) mass is 347 g/mol. The molecule has 2 aromatic rings. The Balaban J connectivity index is 2.11. The van der Waals surface area contributed by atoms with E-state index in [2.05, 4.69) is 0 Å². The predicted molar refractivity (Wildman–Crippen MR) is 92.9 cm³/mol. The van der Waals surface area contributed by atoms with Crippen LogP contribution in [0.2, 0.25) is 0 Å². The summed E-state index contributed by atoms with van der Waals surface area (Å²) in [7, 11) is 0. The van der Waals surface area contributed by atoms with E-state index >= 15 is 0 Å². The molecule has 118 valence electrons. The molecular weight excluding hydrogens is 333 g/mol. The zero-order valence-corrected chi connectivity index (χ0v) is 14.2. The first-order valence-electron chi connectivity index (χ1n) is 7.09. The number of amides is 2. The second-order valence-corrected chi connectivity index (χ2v) is 7.78. The Bertz CT molecular complexity index is 797. The summed E-state index contributed by atoms with van der Waals surface area (Å²) in [4.78, 5) is 27.7. The molecule has 0 bridgehead atoms. The molecule has 2 heterocycles. The molecule has 1 aliphatic heterocycles. The molecule has 0 aliphatic carbocycles. The smallest absolute Gasteiger partial charge is 0.268 e. The maximum absolute atomic E-state index is 14.1. The van der Waals surface area contributed by atoms with Crippen molar-refractivity contribution >= 4 is 46.2 Å². The summed E-state index contributed by atoms with van der Waals surface area (Å²) in [5, 5.41) is 1.99. The summed E-state index contributed by atoms with van der Waals surface area (Å²) in [5.41, 5.74) is 0.364. The molecular formula is C17H14FNO2S2. The van der Waals surface area contributed by atoms with Crippen molar-refractivity contribution in [2.45, 2.75) is 19.1 Å². The average Bonchev–Trinajstić information content (AvgIpc) is 3.08. The number of hydrogen-bond donors (Lipinski definition) is 0. The normalized spacial score (nSPS) is 15.2. The van der Waals surface area contributed by atoms with Crippen LogP contribution in [0.4, 0.5) is 10.1 Å². The summed E-state index contributed by atoms with van der Waals surface area (Å²) in [5.74, 6) is -1.51. The first-order chi connectivity index (χ1) is 11.0. The van der Waals surface area contributed by atoms with Gasteiger partial charge in [-0.25, -0.2) is 9.29 Å². The van der Waals surface area contributed by atoms with E-state index in [1.54, 1.807) is 12.1 Å². The fraction of sp³-hybridized carbons (Fsp3) is 0.176. The minimum atomic E-state index is -0.587. The van der Waals surface area contributed by atoms with Crippen LogP contribution in [0.5, 0.6) is 0 Å². The van der Waals surface area contributed by atoms with Crippen LogP contribution in [0.15, 0.2) is 46.7 Å². The molecule has 0 saturated heterocycles. The molecule has 3 nitrogen and oxygen atoms in total. The standard InChI is InChI=1S/C17H14FNO2S2/c1-10(2)23-15-14(13-8-5-9-22-13)16(20)19(17(15)21)12-7-4-3-6-11(12)18/h3-10H,1-2H3. The van der Waals surface area contributed by atoms with Crippen molar-refractivity contribution in [2.75, 3.05) is 4.90 Å². The quantitative estimate of drug-likeness (QED) is 0.773. The van der Waals surface area contributed by atoms with Gasteiger partial charge in [0.2, 0.25) is 0 Å². The topological polar surface area (TPSA) is 37.4 Å². The summed E-state index contributed by atoms with van der Waals surface area (Å²) in [6, 6.07) is 9.46. The number of thiophene rings is 1. The van der Waals surface area contributed by atoms with Gasteiger partial charge in [-0.2, -0.15) is 0 Å². The summed E-state index contributed by atoms with van der Waals surface area (Å²) in [6.45, 7) is 3.90. The van der Waals surface area contributed by atoms with Crippen molar-refractivity contribution in [3.63, 3.8) is 0 Å². The van der Waals surface area contributed by atoms with E-state index < -0.39 is 17.6 Å². The summed E-state index contributed by atoms with van der Waals surface area (Å²) in [6.07, 6.45) is 0. The lowest BCUT2D eigenvalue weighted by Crippen LogP contribution is -2.32. The van der Waals surface area contributed by atoms with Crippen LogP contribution >= 0.6 is 23.1 Å². The van der Waals surface area contributed by atoms with Crippen LogP contribution < -0.4 is 4.90 Å². The molecule has 0 atom stereocenters. The highest BCUT2D eigenvalue weighted by Crippen LogP contribution is 2.41. The lowest BCUT2D eigenvalue weighted by atomic mass is 10.2. The Morgan fingerprint density at radius 3 is 2.43 bits per heavy atom. The number of nitrogens with zero attached hydrogens (tertiary/aromatic N) is 1. The molecule has 1 aromatic carbocycles. The van der Waals surface area contributed by atoms with Gasteiger partial charge < -0.3 is 0 Å². The van der Waals surface area contributed by atoms with Crippen LogP contribution in [0.1, 0.15) is 18.7 Å². The number of halogens is 1. The first kappa shape index (κ1) is 16.0. The van der Waals surface area contributed by atoms with Gasteiger partial charge in [-0.05, 0) is 23.6 Å². The van der Waals surface area contributed by atoms with E-state index in [1.165, 1.54) is 41.3 Å². The second-order valence-electron chi connectivity index (χ2n) is 5.25. The first-order valence-corrected chi connectivity index (χ1v) is 8.84. The van der Waals surface area contributed by atoms with Crippen molar-refractivity contribution in [1.82, 2.24) is 0 Å². The van der Waals surface area contributed by atoms with Gasteiger partial charge in [-0.3, -0.25) is 9.59 Å². The molecule has 6 heteroatoms. The van der Waals surface area contributed by atoms with Crippen molar-refractivity contribution in [1.29, 1.82) is 0 Å². The molecule has 1 aliphatic rings. The molecule has 0 saturated carbocycles. The molecule has 0 spiro atoms. The molecule has 0 fully saturated rings. The van der Waals surface area contributed by atoms with E-state index in [9.17, 15) is 14.0 Å². The van der Waals surface area contributed by atoms with Gasteiger partial charge in [0, 0.05) is 10.1 Å². The van der Waals surface area contributed by atoms with Crippen LogP contribution in [0.25, 0.3) is 5.57 Å². The number of anilines is 1. The van der Waals surface area contributed by atoms with Gasteiger partial charge in [0.1, 0.15) is 5.82 Å². The Morgan fingerprint density at radius 2 is 1.83 bits per heavy atom. The van der Waals surface area contributed by atoms with E-state index in [1.807, 2.05) is 25.3 Å². The van der Waals surface area contributed by atoms with E-state index in [0.29, 0.717) is 10.5 Å². The van der Waals surface area contributed by atoms with Gasteiger partial charge in [0.05, 0.1) is 16.2 Å². The lowest BCUT2D eigenvalue weighted by Gasteiger charge is -2.15. The van der Waals surface area contributed by atoms with Crippen LogP contribution in [0, 0.1) is 5.82 Å². The second kappa shape index (κ2) is 6.29. The average molecular weight is 347 g/mol. The van der Waals surface area contributed by atoms with E-state index in [0.717, 1.165) is 9.78 Å². The van der Waals surface area contributed by atoms with E-state index in [4.69, 9.17) is 0 Å². The van der Waals surface area contributed by atoms with Crippen LogP contribution in [-0.2, 0) is 9.59 Å². The number of hydrogen-bond acceptors (Lipinski definition) is 4. The maximum Gasteiger partial charge on any atom is 0.272 e. The maximum atomic E-state index is 14.1. The molecule has 23 heavy (non-hydrogen) atoms. The number of thioether (sulfide) groups is 1. The van der Waals surface area contributed by atoms with Crippen LogP contribution in [0.3, 0.4) is 0 Å². The zero-order chi connectivity index (χ0) is 16.6. The molecule has 0 unspecified atom stereocenters. The Kier molecular flexibility index (Phi) is 4.37. The third-order valence-electron chi connectivity index (χ3n) is 3.26. The highest BCUT2D eigenvalue weighted by Gasteiger charge is 2.41. The molecule has 1 aromatic heterocycles. The minimum absolute atomic E-state index is 0.00378. The van der Waals surface area contributed by atoms with E-state index in [-0.39, 0.29) is 10.9 Å². The number of carbonyl (C=O) groups is 2. The molecule has 0 radical (unpaired) electrons. The van der Waals surface area contributed by atoms with Gasteiger partial charge in [0.15, 0.2) is 0 Å². The molecule has 2 amide bonds. The Labute approximate surface area is 141 Å². The number of carbonyl (C=O) groups excluding carboxylic acids is 2. The third kappa shape index (κ3) is 2.84. The minimum Gasteiger partial charge on any atom is -0.268 e. The zero-order valence-electron chi connectivity index (χ0n) is 12.6. The Hall–Kier alpha value is -1.92. The number of benzene rings is 1. The third-order valence-corrected chi connectivity index (χ3v) is 5.23. The predicted octanol–water partition coefficient (Wildman–Crippen LogP) is 4.31. The lowest BCUT2D eigenvalue weighted by molar-refractivity contribution is -0.119. The van der Waals surface area contributed by atoms with Crippen molar-refractivity contribution in [3.05, 3.63) is 57.4 Å². The van der Waals surface area contributed by atoms with Crippen molar-refractivity contribution in [2.24, 2.45) is 0 Å². The molecule has 3 rings (SSSR count). The van der Waals surface area contributed by atoms with Gasteiger partial charge in [-0.1, -0.05) is 32.0 Å². The van der Waals surface area contributed by atoms with Gasteiger partial charge in [-0.15, -0.1) is 23.1 Å². The van der Waals surface area contributed by atoms with Crippen LogP contribution in [-0.4, -0.2) is 17.1 Å². The molecule has 0 N–H and O–H groups in total.